The largest absolute Gasteiger partial charge is 0.463 e. The van der Waals surface area contributed by atoms with Crippen molar-refractivity contribution in [3.63, 3.8) is 0 Å². The third kappa shape index (κ3) is 19.7. The maximum Gasteiger partial charge on any atom is 0.305 e. The topological polar surface area (TPSA) is 113 Å². The highest BCUT2D eigenvalue weighted by Gasteiger charge is 2.12. The Morgan fingerprint density at radius 3 is 1.89 bits per heavy atom. The minimum absolute atomic E-state index is 0.0340. The van der Waals surface area contributed by atoms with Gasteiger partial charge in [-0.15, -0.1) is 0 Å². The lowest BCUT2D eigenvalue weighted by molar-refractivity contribution is -0.163. The van der Waals surface area contributed by atoms with Gasteiger partial charge in [-0.1, -0.05) is 6.92 Å². The molecule has 0 bridgehead atoms. The van der Waals surface area contributed by atoms with Gasteiger partial charge >= 0.3 is 5.97 Å². The van der Waals surface area contributed by atoms with Crippen LogP contribution in [0.2, 0.25) is 0 Å². The van der Waals surface area contributed by atoms with Gasteiger partial charge in [-0.3, -0.25) is 4.79 Å². The summed E-state index contributed by atoms with van der Waals surface area (Å²) in [5.74, 6) is -0.272. The van der Waals surface area contributed by atoms with E-state index in [9.17, 15) is 4.79 Å². The van der Waals surface area contributed by atoms with Crippen LogP contribution in [0.1, 0.15) is 32.6 Å². The highest BCUT2D eigenvalue weighted by atomic mass is 16.7. The minimum atomic E-state index is -0.485. The summed E-state index contributed by atoms with van der Waals surface area (Å²) in [6, 6.07) is 0. The molecule has 0 amide bonds. The molecule has 0 atom stereocenters. The number of aliphatic hydroxyl groups is 2. The Morgan fingerprint density at radius 2 is 1.33 bits per heavy atom. The van der Waals surface area contributed by atoms with E-state index >= 15 is 0 Å². The van der Waals surface area contributed by atoms with E-state index in [1.54, 1.807) is 0 Å². The van der Waals surface area contributed by atoms with E-state index in [1.165, 1.54) is 0 Å². The number of rotatable bonds is 21. The second-order valence-corrected chi connectivity index (χ2v) is 5.57. The zero-order valence-corrected chi connectivity index (χ0v) is 16.4. The minimum Gasteiger partial charge on any atom is -0.463 e. The molecule has 0 fully saturated rings. The molecule has 0 spiro atoms. The Kier molecular flexibility index (Phi) is 20.8. The summed E-state index contributed by atoms with van der Waals surface area (Å²) in [6.45, 7) is 5.15. The van der Waals surface area contributed by atoms with Gasteiger partial charge in [-0.05, 0) is 19.3 Å². The second kappa shape index (κ2) is 21.5. The van der Waals surface area contributed by atoms with Gasteiger partial charge in [0.1, 0.15) is 6.61 Å². The van der Waals surface area contributed by atoms with Crippen LogP contribution in [0.5, 0.6) is 0 Å². The van der Waals surface area contributed by atoms with Crippen molar-refractivity contribution >= 4 is 5.97 Å². The predicted octanol–water partition coefficient (Wildman–Crippen LogP) is 0.504. The zero-order valence-electron chi connectivity index (χ0n) is 16.4. The van der Waals surface area contributed by atoms with E-state index in [4.69, 9.17) is 38.6 Å². The SMILES string of the molecule is CCCOCCOC(=O)CCCC(OCCOCCO)OCCOCCO. The molecule has 0 aromatic carbocycles. The Labute approximate surface area is 161 Å². The van der Waals surface area contributed by atoms with Gasteiger partial charge in [-0.25, -0.2) is 0 Å². The summed E-state index contributed by atoms with van der Waals surface area (Å²) in [6.07, 6.45) is 1.82. The van der Waals surface area contributed by atoms with E-state index in [2.05, 4.69) is 0 Å². The molecule has 0 heterocycles. The first-order valence-corrected chi connectivity index (χ1v) is 9.58. The first-order chi connectivity index (χ1) is 13.2. The molecule has 0 aromatic heterocycles. The lowest BCUT2D eigenvalue weighted by Gasteiger charge is -2.18. The highest BCUT2D eigenvalue weighted by Crippen LogP contribution is 2.08. The maximum absolute atomic E-state index is 11.7. The fraction of sp³-hybridized carbons (Fsp3) is 0.944. The lowest BCUT2D eigenvalue weighted by Crippen LogP contribution is -2.23. The van der Waals surface area contributed by atoms with E-state index in [0.29, 0.717) is 52.5 Å². The summed E-state index contributed by atoms with van der Waals surface area (Å²) >= 11 is 0. The van der Waals surface area contributed by atoms with E-state index in [-0.39, 0.29) is 45.4 Å². The van der Waals surface area contributed by atoms with Crippen molar-refractivity contribution in [3.05, 3.63) is 0 Å². The molecule has 0 radical (unpaired) electrons. The molecular weight excluding hydrogens is 360 g/mol. The van der Waals surface area contributed by atoms with Crippen molar-refractivity contribution in [3.8, 4) is 0 Å². The fourth-order valence-corrected chi connectivity index (χ4v) is 1.97. The molecule has 27 heavy (non-hydrogen) atoms. The summed E-state index contributed by atoms with van der Waals surface area (Å²) in [4.78, 5) is 11.7. The van der Waals surface area contributed by atoms with Crippen LogP contribution in [-0.4, -0.2) is 95.1 Å². The number of carbonyl (C=O) groups excluding carboxylic acids is 1. The van der Waals surface area contributed by atoms with Crippen molar-refractivity contribution in [2.24, 2.45) is 0 Å². The van der Waals surface area contributed by atoms with Crippen LogP contribution in [0.15, 0.2) is 0 Å². The van der Waals surface area contributed by atoms with E-state index < -0.39 is 6.29 Å². The molecule has 0 aromatic rings. The quantitative estimate of drug-likeness (QED) is 0.163. The molecule has 9 heteroatoms. The van der Waals surface area contributed by atoms with Gasteiger partial charge in [0.2, 0.25) is 0 Å². The molecule has 0 rings (SSSR count). The molecule has 0 unspecified atom stereocenters. The molecule has 0 aliphatic rings. The number of hydrogen-bond acceptors (Lipinski definition) is 9. The summed E-state index contributed by atoms with van der Waals surface area (Å²) in [5.41, 5.74) is 0. The lowest BCUT2D eigenvalue weighted by atomic mass is 10.2. The number of hydrogen-bond donors (Lipinski definition) is 2. The van der Waals surface area contributed by atoms with Crippen LogP contribution in [0, 0.1) is 0 Å². The predicted molar refractivity (Wildman–Crippen MR) is 97.4 cm³/mol. The van der Waals surface area contributed by atoms with Crippen molar-refractivity contribution in [2.75, 3.05) is 72.7 Å². The molecule has 0 aliphatic heterocycles. The van der Waals surface area contributed by atoms with Gasteiger partial charge in [0.15, 0.2) is 6.29 Å². The summed E-state index contributed by atoms with van der Waals surface area (Å²) in [7, 11) is 0. The number of ether oxygens (including phenoxy) is 6. The molecule has 9 nitrogen and oxygen atoms in total. The van der Waals surface area contributed by atoms with E-state index in [0.717, 1.165) is 6.42 Å². The molecule has 0 saturated heterocycles. The van der Waals surface area contributed by atoms with Crippen molar-refractivity contribution in [1.82, 2.24) is 0 Å². The molecule has 0 aliphatic carbocycles. The van der Waals surface area contributed by atoms with Crippen molar-refractivity contribution in [2.45, 2.75) is 38.9 Å². The Hall–Kier alpha value is -0.810. The molecule has 0 saturated carbocycles. The average Bonchev–Trinajstić information content (AvgIpc) is 2.67. The van der Waals surface area contributed by atoms with Crippen LogP contribution in [0.3, 0.4) is 0 Å². The molecule has 2 N–H and O–H groups in total. The van der Waals surface area contributed by atoms with E-state index in [1.807, 2.05) is 6.92 Å². The Balaban J connectivity index is 3.89. The van der Waals surface area contributed by atoms with Gasteiger partial charge in [0.25, 0.3) is 0 Å². The monoisotopic (exact) mass is 396 g/mol. The summed E-state index contributed by atoms with van der Waals surface area (Å²) in [5, 5.41) is 17.3. The Morgan fingerprint density at radius 1 is 0.778 bits per heavy atom. The third-order valence-electron chi connectivity index (χ3n) is 3.19. The average molecular weight is 396 g/mol. The van der Waals surface area contributed by atoms with Crippen LogP contribution < -0.4 is 0 Å². The smallest absolute Gasteiger partial charge is 0.305 e. The van der Waals surface area contributed by atoms with Crippen molar-refractivity contribution < 1.29 is 43.4 Å². The number of esters is 1. The van der Waals surface area contributed by atoms with Crippen LogP contribution in [-0.2, 0) is 33.2 Å². The van der Waals surface area contributed by atoms with Crippen molar-refractivity contribution in [1.29, 1.82) is 0 Å². The summed E-state index contributed by atoms with van der Waals surface area (Å²) < 4.78 is 31.8. The first kappa shape index (κ1) is 26.2. The molecule has 162 valence electrons. The zero-order chi connectivity index (χ0) is 20.0. The van der Waals surface area contributed by atoms with Gasteiger partial charge in [-0.2, -0.15) is 0 Å². The standard InChI is InChI=1S/C18H36O9/c1-2-8-22-11-14-25-17(21)4-3-5-18(26-15-12-23-9-6-19)27-16-13-24-10-7-20/h18-20H,2-16H2,1H3. The number of aliphatic hydroxyl groups excluding tert-OH is 2. The molecular formula is C18H36O9. The van der Waals surface area contributed by atoms with Gasteiger partial charge in [0.05, 0.1) is 59.5 Å². The van der Waals surface area contributed by atoms with Crippen LogP contribution in [0.4, 0.5) is 0 Å². The first-order valence-electron chi connectivity index (χ1n) is 9.58. The maximum atomic E-state index is 11.7. The second-order valence-electron chi connectivity index (χ2n) is 5.57. The van der Waals surface area contributed by atoms with Gasteiger partial charge < -0.3 is 38.6 Å². The normalized spacial score (nSPS) is 11.3. The van der Waals surface area contributed by atoms with Crippen LogP contribution in [0.25, 0.3) is 0 Å². The fourth-order valence-electron chi connectivity index (χ4n) is 1.97. The number of carbonyl (C=O) groups is 1. The third-order valence-corrected chi connectivity index (χ3v) is 3.19. The van der Waals surface area contributed by atoms with Gasteiger partial charge in [0, 0.05) is 13.0 Å². The van der Waals surface area contributed by atoms with Crippen LogP contribution >= 0.6 is 0 Å². The Bertz CT molecular complexity index is 301. The highest BCUT2D eigenvalue weighted by molar-refractivity contribution is 5.69.